The van der Waals surface area contributed by atoms with Crippen molar-refractivity contribution >= 4 is 27.5 Å². The summed E-state index contributed by atoms with van der Waals surface area (Å²) in [6.45, 7) is 4.09. The molecule has 1 unspecified atom stereocenters. The van der Waals surface area contributed by atoms with Crippen molar-refractivity contribution < 1.29 is 9.53 Å². The summed E-state index contributed by atoms with van der Waals surface area (Å²) in [6.07, 6.45) is 2.18. The first kappa shape index (κ1) is 14.3. The molecule has 1 amide bonds. The average Bonchev–Trinajstić information content (AvgIpc) is 2.41. The number of amides is 1. The van der Waals surface area contributed by atoms with E-state index in [0.29, 0.717) is 23.7 Å². The van der Waals surface area contributed by atoms with Gasteiger partial charge in [-0.2, -0.15) is 0 Å². The zero-order valence-corrected chi connectivity index (χ0v) is 12.6. The van der Waals surface area contributed by atoms with Crippen molar-refractivity contribution in [1.82, 2.24) is 5.32 Å². The van der Waals surface area contributed by atoms with E-state index in [1.54, 1.807) is 12.1 Å². The number of ether oxygens (including phenoxy) is 1. The van der Waals surface area contributed by atoms with Gasteiger partial charge in [0, 0.05) is 28.9 Å². The summed E-state index contributed by atoms with van der Waals surface area (Å²) in [5, 5.41) is 2.97. The van der Waals surface area contributed by atoms with Gasteiger partial charge in [0.1, 0.15) is 0 Å². The second-order valence-corrected chi connectivity index (χ2v) is 5.88. The molecule has 1 aliphatic heterocycles. The quantitative estimate of drug-likeness (QED) is 0.839. The highest BCUT2D eigenvalue weighted by Gasteiger charge is 2.17. The molecule has 1 aliphatic rings. The fraction of sp³-hybridized carbons (Fsp3) is 0.500. The molecule has 1 aromatic rings. The van der Waals surface area contributed by atoms with Crippen LogP contribution >= 0.6 is 15.9 Å². The number of hydrogen-bond acceptors (Lipinski definition) is 3. The van der Waals surface area contributed by atoms with Crippen molar-refractivity contribution in [2.45, 2.75) is 19.8 Å². The van der Waals surface area contributed by atoms with Crippen LogP contribution < -0.4 is 11.1 Å². The molecule has 3 N–H and O–H groups in total. The zero-order valence-electron chi connectivity index (χ0n) is 11.0. The molecule has 1 atom stereocenters. The molecule has 104 valence electrons. The van der Waals surface area contributed by atoms with Gasteiger partial charge in [0.25, 0.3) is 5.91 Å². The van der Waals surface area contributed by atoms with Gasteiger partial charge in [-0.25, -0.2) is 0 Å². The number of anilines is 1. The van der Waals surface area contributed by atoms with Crippen LogP contribution in [0.1, 0.15) is 28.8 Å². The highest BCUT2D eigenvalue weighted by molar-refractivity contribution is 9.10. The van der Waals surface area contributed by atoms with Gasteiger partial charge in [-0.1, -0.05) is 15.9 Å². The summed E-state index contributed by atoms with van der Waals surface area (Å²) in [7, 11) is 0. The van der Waals surface area contributed by atoms with Crippen molar-refractivity contribution in [1.29, 1.82) is 0 Å². The van der Waals surface area contributed by atoms with E-state index in [0.717, 1.165) is 36.1 Å². The van der Waals surface area contributed by atoms with Crippen LogP contribution in [0.4, 0.5) is 5.69 Å². The molecule has 1 fully saturated rings. The zero-order chi connectivity index (χ0) is 13.8. The first-order valence-electron chi connectivity index (χ1n) is 6.49. The summed E-state index contributed by atoms with van der Waals surface area (Å²) in [5.74, 6) is 0.346. The van der Waals surface area contributed by atoms with E-state index in [9.17, 15) is 4.79 Å². The van der Waals surface area contributed by atoms with E-state index in [1.807, 2.05) is 6.92 Å². The number of rotatable bonds is 3. The van der Waals surface area contributed by atoms with Crippen LogP contribution in [0.5, 0.6) is 0 Å². The summed E-state index contributed by atoms with van der Waals surface area (Å²) < 4.78 is 6.22. The lowest BCUT2D eigenvalue weighted by molar-refractivity contribution is 0.0536. The Bertz CT molecular complexity index is 471. The molecule has 1 saturated heterocycles. The highest BCUT2D eigenvalue weighted by atomic mass is 79.9. The predicted octanol–water partition coefficient (Wildman–Crippen LogP) is 2.50. The van der Waals surface area contributed by atoms with Gasteiger partial charge in [0.05, 0.1) is 6.61 Å². The minimum atomic E-state index is -0.0731. The molecule has 0 bridgehead atoms. The third-order valence-electron chi connectivity index (χ3n) is 3.46. The Kier molecular flexibility index (Phi) is 4.82. The molecule has 4 nitrogen and oxygen atoms in total. The van der Waals surface area contributed by atoms with E-state index in [2.05, 4.69) is 21.2 Å². The van der Waals surface area contributed by atoms with Crippen molar-refractivity contribution in [2.75, 3.05) is 25.5 Å². The molecule has 2 rings (SSSR count). The summed E-state index contributed by atoms with van der Waals surface area (Å²) in [5.41, 5.74) is 7.94. The molecule has 0 aromatic heterocycles. The van der Waals surface area contributed by atoms with Crippen LogP contribution in [0.15, 0.2) is 16.6 Å². The number of carbonyl (C=O) groups is 1. The Morgan fingerprint density at radius 3 is 3.05 bits per heavy atom. The third-order valence-corrected chi connectivity index (χ3v) is 3.92. The van der Waals surface area contributed by atoms with Crippen LogP contribution in [0.25, 0.3) is 0 Å². The molecule has 5 heteroatoms. The van der Waals surface area contributed by atoms with Gasteiger partial charge in [0.2, 0.25) is 0 Å². The number of nitrogens with one attached hydrogen (secondary N) is 1. The van der Waals surface area contributed by atoms with Crippen LogP contribution in [0, 0.1) is 12.8 Å². The van der Waals surface area contributed by atoms with Crippen LogP contribution in [-0.2, 0) is 4.74 Å². The SMILES string of the molecule is Cc1c(N)cc(Br)cc1C(=O)NCC1CCCOC1. The normalized spacial score (nSPS) is 19.2. The topological polar surface area (TPSA) is 64.4 Å². The Morgan fingerprint density at radius 2 is 2.37 bits per heavy atom. The lowest BCUT2D eigenvalue weighted by atomic mass is 10.0. The fourth-order valence-corrected chi connectivity index (χ4v) is 2.71. The molecular formula is C14H19BrN2O2. The summed E-state index contributed by atoms with van der Waals surface area (Å²) in [6, 6.07) is 3.61. The third kappa shape index (κ3) is 3.70. The molecule has 1 heterocycles. The predicted molar refractivity (Wildman–Crippen MR) is 79.2 cm³/mol. The van der Waals surface area contributed by atoms with Gasteiger partial charge < -0.3 is 15.8 Å². The highest BCUT2D eigenvalue weighted by Crippen LogP contribution is 2.22. The van der Waals surface area contributed by atoms with Crippen molar-refractivity contribution in [3.63, 3.8) is 0 Å². The Balaban J connectivity index is 1.99. The van der Waals surface area contributed by atoms with E-state index in [4.69, 9.17) is 10.5 Å². The second-order valence-electron chi connectivity index (χ2n) is 4.96. The van der Waals surface area contributed by atoms with Crippen molar-refractivity contribution in [3.05, 3.63) is 27.7 Å². The Labute approximate surface area is 121 Å². The van der Waals surface area contributed by atoms with E-state index in [1.165, 1.54) is 0 Å². The van der Waals surface area contributed by atoms with E-state index >= 15 is 0 Å². The Morgan fingerprint density at radius 1 is 1.58 bits per heavy atom. The molecule has 1 aromatic carbocycles. The van der Waals surface area contributed by atoms with Crippen molar-refractivity contribution in [3.8, 4) is 0 Å². The lowest BCUT2D eigenvalue weighted by Gasteiger charge is -2.22. The maximum Gasteiger partial charge on any atom is 0.251 e. The number of benzene rings is 1. The standard InChI is InChI=1S/C14H19BrN2O2/c1-9-12(5-11(15)6-13(9)16)14(18)17-7-10-3-2-4-19-8-10/h5-6,10H,2-4,7-8,16H2,1H3,(H,17,18). The smallest absolute Gasteiger partial charge is 0.251 e. The molecule has 19 heavy (non-hydrogen) atoms. The van der Waals surface area contributed by atoms with Crippen LogP contribution in [-0.4, -0.2) is 25.7 Å². The van der Waals surface area contributed by atoms with Crippen molar-refractivity contribution in [2.24, 2.45) is 5.92 Å². The number of carbonyl (C=O) groups excluding carboxylic acids is 1. The average molecular weight is 327 g/mol. The van der Waals surface area contributed by atoms with Crippen LogP contribution in [0.2, 0.25) is 0 Å². The first-order chi connectivity index (χ1) is 9.08. The number of halogens is 1. The van der Waals surface area contributed by atoms with Gasteiger partial charge in [-0.3, -0.25) is 4.79 Å². The lowest BCUT2D eigenvalue weighted by Crippen LogP contribution is -2.33. The van der Waals surface area contributed by atoms with E-state index in [-0.39, 0.29) is 5.91 Å². The fourth-order valence-electron chi connectivity index (χ4n) is 2.24. The monoisotopic (exact) mass is 326 g/mol. The van der Waals surface area contributed by atoms with Gasteiger partial charge in [-0.15, -0.1) is 0 Å². The number of hydrogen-bond donors (Lipinski definition) is 2. The maximum atomic E-state index is 12.2. The van der Waals surface area contributed by atoms with Gasteiger partial charge >= 0.3 is 0 Å². The van der Waals surface area contributed by atoms with Gasteiger partial charge in [0.15, 0.2) is 0 Å². The number of nitrogen functional groups attached to an aromatic ring is 1. The summed E-state index contributed by atoms with van der Waals surface area (Å²) >= 11 is 3.36. The largest absolute Gasteiger partial charge is 0.398 e. The molecule has 0 saturated carbocycles. The Hall–Kier alpha value is -1.07. The maximum absolute atomic E-state index is 12.2. The molecule has 0 radical (unpaired) electrons. The molecular weight excluding hydrogens is 308 g/mol. The van der Waals surface area contributed by atoms with Crippen LogP contribution in [0.3, 0.4) is 0 Å². The second kappa shape index (κ2) is 6.39. The number of nitrogens with two attached hydrogens (primary N) is 1. The van der Waals surface area contributed by atoms with Gasteiger partial charge in [-0.05, 0) is 43.4 Å². The molecule has 0 aliphatic carbocycles. The summed E-state index contributed by atoms with van der Waals surface area (Å²) in [4.78, 5) is 12.2. The minimum Gasteiger partial charge on any atom is -0.398 e. The molecule has 0 spiro atoms. The minimum absolute atomic E-state index is 0.0731. The first-order valence-corrected chi connectivity index (χ1v) is 7.29. The van der Waals surface area contributed by atoms with E-state index < -0.39 is 0 Å².